The first-order valence-electron chi connectivity index (χ1n) is 9.11. The number of methoxy groups -OCH3 is 1. The lowest BCUT2D eigenvalue weighted by Gasteiger charge is -2.33. The molecule has 0 radical (unpaired) electrons. The number of aromatic nitrogens is 1. The molecule has 1 fully saturated rings. The molecule has 0 bridgehead atoms. The second-order valence-electron chi connectivity index (χ2n) is 8.26. The highest BCUT2D eigenvalue weighted by atomic mass is 32.2. The van der Waals surface area contributed by atoms with Gasteiger partial charge in [0.1, 0.15) is 4.75 Å². The zero-order valence-electron chi connectivity index (χ0n) is 16.6. The third-order valence-electron chi connectivity index (χ3n) is 5.49. The van der Waals surface area contributed by atoms with Crippen LogP contribution in [0, 0.1) is 0 Å². The average Bonchev–Trinajstić information content (AvgIpc) is 3.10. The quantitative estimate of drug-likeness (QED) is 0.716. The normalized spacial score (nSPS) is 21.9. The molecule has 8 nitrogen and oxygen atoms in total. The minimum atomic E-state index is -3.71. The van der Waals surface area contributed by atoms with E-state index in [0.29, 0.717) is 31.4 Å². The molecule has 9 heteroatoms. The van der Waals surface area contributed by atoms with Crippen molar-refractivity contribution in [3.8, 4) is 0 Å². The first-order valence-corrected chi connectivity index (χ1v) is 10.7. The van der Waals surface area contributed by atoms with Gasteiger partial charge in [-0.15, -0.1) is 0 Å². The van der Waals surface area contributed by atoms with Gasteiger partial charge in [0.15, 0.2) is 9.84 Å². The molecule has 1 aromatic rings. The van der Waals surface area contributed by atoms with Crippen LogP contribution in [0.15, 0.2) is 10.6 Å². The van der Waals surface area contributed by atoms with Crippen molar-refractivity contribution in [1.82, 2.24) is 5.16 Å². The van der Waals surface area contributed by atoms with E-state index in [4.69, 9.17) is 9.26 Å². The second kappa shape index (κ2) is 7.89. The summed E-state index contributed by atoms with van der Waals surface area (Å²) < 4.78 is 34.9. The number of nitrogens with zero attached hydrogens (tertiary/aromatic N) is 1. The summed E-state index contributed by atoms with van der Waals surface area (Å²) in [6.07, 6.45) is 2.37. The first-order chi connectivity index (χ1) is 12.5. The molecule has 0 aliphatic heterocycles. The predicted molar refractivity (Wildman–Crippen MR) is 101 cm³/mol. The molecule has 154 valence electrons. The SMILES string of the molecule is CO[C@H]1CC[C@@H](S(=O)(=O)C(C)(C)C(=O)Nc2cc(C(C)(C)CO)no2)CC1. The van der Waals surface area contributed by atoms with Crippen molar-refractivity contribution in [2.75, 3.05) is 19.0 Å². The first kappa shape index (κ1) is 21.8. The lowest BCUT2D eigenvalue weighted by atomic mass is 9.91. The van der Waals surface area contributed by atoms with E-state index >= 15 is 0 Å². The predicted octanol–water partition coefficient (Wildman–Crippen LogP) is 2.03. The standard InChI is InChI=1S/C18H30N2O6S/c1-17(2,11-21)14-10-15(26-20-14)19-16(22)18(3,4)27(23,24)13-8-6-12(25-5)7-9-13/h10,12-13,21H,6-9,11H2,1-5H3,(H,19,22)/t12-,13+. The van der Waals surface area contributed by atoms with E-state index in [2.05, 4.69) is 10.5 Å². The molecule has 1 aliphatic rings. The molecule has 2 rings (SSSR count). The molecule has 2 N–H and O–H groups in total. The monoisotopic (exact) mass is 402 g/mol. The minimum Gasteiger partial charge on any atom is -0.395 e. The highest BCUT2D eigenvalue weighted by Gasteiger charge is 2.47. The number of hydrogen-bond acceptors (Lipinski definition) is 7. The summed E-state index contributed by atoms with van der Waals surface area (Å²) in [5.41, 5.74) is -0.160. The average molecular weight is 403 g/mol. The Hall–Kier alpha value is -1.45. The van der Waals surface area contributed by atoms with Crippen molar-refractivity contribution in [2.45, 2.75) is 74.9 Å². The summed E-state index contributed by atoms with van der Waals surface area (Å²) in [5.74, 6) is -0.608. The molecule has 0 atom stereocenters. The number of carbonyl (C=O) groups is 1. The van der Waals surface area contributed by atoms with Crippen LogP contribution in [0.3, 0.4) is 0 Å². The molecule has 27 heavy (non-hydrogen) atoms. The Morgan fingerprint density at radius 1 is 1.30 bits per heavy atom. The Morgan fingerprint density at radius 3 is 2.41 bits per heavy atom. The van der Waals surface area contributed by atoms with Crippen molar-refractivity contribution in [2.24, 2.45) is 0 Å². The summed E-state index contributed by atoms with van der Waals surface area (Å²) in [5, 5.41) is 15.2. The number of nitrogens with one attached hydrogen (secondary N) is 1. The third-order valence-corrected chi connectivity index (χ3v) is 8.44. The Bertz CT molecular complexity index is 761. The zero-order valence-corrected chi connectivity index (χ0v) is 17.4. The van der Waals surface area contributed by atoms with Gasteiger partial charge in [-0.25, -0.2) is 8.42 Å². The van der Waals surface area contributed by atoms with E-state index in [1.54, 1.807) is 21.0 Å². The van der Waals surface area contributed by atoms with Gasteiger partial charge in [0.2, 0.25) is 11.8 Å². The van der Waals surface area contributed by atoms with E-state index in [-0.39, 0.29) is 18.6 Å². The summed E-state index contributed by atoms with van der Waals surface area (Å²) >= 11 is 0. The van der Waals surface area contributed by atoms with E-state index in [1.807, 2.05) is 0 Å². The van der Waals surface area contributed by atoms with Gasteiger partial charge in [0.25, 0.3) is 0 Å². The van der Waals surface area contributed by atoms with Crippen LogP contribution < -0.4 is 5.32 Å². The van der Waals surface area contributed by atoms with Crippen molar-refractivity contribution in [1.29, 1.82) is 0 Å². The maximum Gasteiger partial charge on any atom is 0.247 e. The van der Waals surface area contributed by atoms with Crippen LogP contribution in [-0.2, 0) is 24.8 Å². The van der Waals surface area contributed by atoms with Crippen molar-refractivity contribution in [3.63, 3.8) is 0 Å². The Morgan fingerprint density at radius 2 is 1.89 bits per heavy atom. The highest BCUT2D eigenvalue weighted by molar-refractivity contribution is 7.94. The summed E-state index contributed by atoms with van der Waals surface area (Å²) in [6, 6.07) is 1.50. The van der Waals surface area contributed by atoms with Gasteiger partial charge in [-0.3, -0.25) is 10.1 Å². The van der Waals surface area contributed by atoms with Gasteiger partial charge in [-0.2, -0.15) is 0 Å². The van der Waals surface area contributed by atoms with E-state index < -0.39 is 31.2 Å². The minimum absolute atomic E-state index is 0.0582. The number of aliphatic hydroxyl groups is 1. The van der Waals surface area contributed by atoms with Crippen LogP contribution in [0.1, 0.15) is 59.1 Å². The van der Waals surface area contributed by atoms with Crippen molar-refractivity contribution < 1.29 is 27.6 Å². The van der Waals surface area contributed by atoms with Gasteiger partial charge in [-0.05, 0) is 39.5 Å². The molecular formula is C18H30N2O6S. The van der Waals surface area contributed by atoms with Crippen molar-refractivity contribution >= 4 is 21.6 Å². The van der Waals surface area contributed by atoms with E-state index in [9.17, 15) is 18.3 Å². The number of hydrogen-bond donors (Lipinski definition) is 2. The topological polar surface area (TPSA) is 119 Å². The van der Waals surface area contributed by atoms with Gasteiger partial charge in [-0.1, -0.05) is 19.0 Å². The molecule has 1 saturated carbocycles. The third kappa shape index (κ3) is 4.35. The number of amides is 1. The fourth-order valence-corrected chi connectivity index (χ4v) is 5.16. The van der Waals surface area contributed by atoms with Gasteiger partial charge in [0, 0.05) is 18.6 Å². The second-order valence-corrected chi connectivity index (χ2v) is 11.0. The maximum atomic E-state index is 13.1. The Kier molecular flexibility index (Phi) is 6.38. The molecule has 0 saturated heterocycles. The number of aliphatic hydroxyl groups excluding tert-OH is 1. The summed E-state index contributed by atoms with van der Waals surface area (Å²) in [6.45, 7) is 6.24. The van der Waals surface area contributed by atoms with Crippen LogP contribution in [0.25, 0.3) is 0 Å². The number of sulfone groups is 1. The van der Waals surface area contributed by atoms with E-state index in [1.165, 1.54) is 19.9 Å². The molecule has 1 aromatic heterocycles. The van der Waals surface area contributed by atoms with Gasteiger partial charge in [0.05, 0.1) is 23.7 Å². The molecule has 0 spiro atoms. The van der Waals surface area contributed by atoms with Crippen LogP contribution in [0.5, 0.6) is 0 Å². The fourth-order valence-electron chi connectivity index (χ4n) is 3.12. The fraction of sp³-hybridized carbons (Fsp3) is 0.778. The van der Waals surface area contributed by atoms with E-state index in [0.717, 1.165) is 0 Å². The van der Waals surface area contributed by atoms with Gasteiger partial charge >= 0.3 is 0 Å². The lowest BCUT2D eigenvalue weighted by Crippen LogP contribution is -2.49. The van der Waals surface area contributed by atoms with Crippen LogP contribution >= 0.6 is 0 Å². The highest BCUT2D eigenvalue weighted by Crippen LogP contribution is 2.33. The van der Waals surface area contributed by atoms with Crippen LogP contribution in [-0.4, -0.2) is 54.4 Å². The summed E-state index contributed by atoms with van der Waals surface area (Å²) in [7, 11) is -2.08. The molecule has 0 unspecified atom stereocenters. The number of ether oxygens (including phenoxy) is 1. The molecule has 1 amide bonds. The number of rotatable bonds is 7. The molecule has 1 aliphatic carbocycles. The zero-order chi connectivity index (χ0) is 20.5. The molecule has 0 aromatic carbocycles. The lowest BCUT2D eigenvalue weighted by molar-refractivity contribution is -0.118. The maximum absolute atomic E-state index is 13.1. The smallest absolute Gasteiger partial charge is 0.247 e. The summed E-state index contributed by atoms with van der Waals surface area (Å²) in [4.78, 5) is 12.7. The number of anilines is 1. The van der Waals surface area contributed by atoms with Crippen LogP contribution in [0.2, 0.25) is 0 Å². The molecular weight excluding hydrogens is 372 g/mol. The Labute approximate surface area is 160 Å². The van der Waals surface area contributed by atoms with Crippen molar-refractivity contribution in [3.05, 3.63) is 11.8 Å². The van der Waals surface area contributed by atoms with Gasteiger partial charge < -0.3 is 14.4 Å². The van der Waals surface area contributed by atoms with Crippen LogP contribution in [0.4, 0.5) is 5.88 Å². The largest absolute Gasteiger partial charge is 0.395 e. The molecule has 1 heterocycles. The number of carbonyl (C=O) groups excluding carboxylic acids is 1. The Balaban J connectivity index is 2.12.